The monoisotopic (exact) mass is 380 g/mol. The van der Waals surface area contributed by atoms with Crippen LogP contribution < -0.4 is 4.90 Å². The minimum absolute atomic E-state index is 0.0825. The molecule has 0 amide bonds. The molecular formula is C13H12N6O6S. The predicted molar refractivity (Wildman–Crippen MR) is 90.7 cm³/mol. The molecule has 0 aliphatic carbocycles. The zero-order chi connectivity index (χ0) is 18.7. The number of nitrogens with zero attached hydrogens (tertiary/aromatic N) is 6. The molecule has 0 bridgehead atoms. The highest BCUT2D eigenvalue weighted by atomic mass is 32.1. The zero-order valence-electron chi connectivity index (χ0n) is 13.1. The van der Waals surface area contributed by atoms with E-state index in [2.05, 4.69) is 15.2 Å². The minimum atomic E-state index is -0.785. The highest BCUT2D eigenvalue weighted by Crippen LogP contribution is 2.40. The summed E-state index contributed by atoms with van der Waals surface area (Å²) in [5, 5.41) is 39.9. The van der Waals surface area contributed by atoms with E-state index in [1.165, 1.54) is 0 Å². The molecule has 1 N–H and O–H groups in total. The first-order valence-corrected chi connectivity index (χ1v) is 8.14. The molecule has 0 radical (unpaired) electrons. The number of thiazole rings is 1. The number of hydrogen-bond donors (Lipinski definition) is 1. The minimum Gasteiger partial charge on any atom is -0.491 e. The van der Waals surface area contributed by atoms with Crippen molar-refractivity contribution in [3.05, 3.63) is 38.4 Å². The average molecular weight is 380 g/mol. The molecule has 1 aliphatic heterocycles. The summed E-state index contributed by atoms with van der Waals surface area (Å²) in [6.45, 7) is 2.34. The first kappa shape index (κ1) is 17.6. The normalized spacial score (nSPS) is 14.7. The second kappa shape index (κ2) is 7.37. The maximum absolute atomic E-state index is 11.1. The van der Waals surface area contributed by atoms with E-state index in [-0.39, 0.29) is 16.6 Å². The van der Waals surface area contributed by atoms with Gasteiger partial charge >= 0.3 is 5.69 Å². The van der Waals surface area contributed by atoms with Crippen molar-refractivity contribution in [1.29, 1.82) is 0 Å². The molecule has 12 nitrogen and oxygen atoms in total. The van der Waals surface area contributed by atoms with E-state index in [0.717, 1.165) is 29.5 Å². The number of aromatic nitrogens is 1. The molecule has 13 heteroatoms. The smallest absolute Gasteiger partial charge is 0.303 e. The Morgan fingerprint density at radius 2 is 1.92 bits per heavy atom. The molecule has 0 saturated carbocycles. The molecule has 1 fully saturated rings. The number of azo groups is 1. The first-order valence-electron chi connectivity index (χ1n) is 7.33. The van der Waals surface area contributed by atoms with Crippen molar-refractivity contribution in [3.8, 4) is 5.88 Å². The molecule has 26 heavy (non-hydrogen) atoms. The zero-order valence-corrected chi connectivity index (χ0v) is 14.0. The van der Waals surface area contributed by atoms with Crippen LogP contribution in [0.2, 0.25) is 0 Å². The van der Waals surface area contributed by atoms with Gasteiger partial charge in [0, 0.05) is 19.2 Å². The highest BCUT2D eigenvalue weighted by molar-refractivity contribution is 7.19. The molecule has 2 heterocycles. The van der Waals surface area contributed by atoms with E-state index in [0.29, 0.717) is 31.4 Å². The summed E-state index contributed by atoms with van der Waals surface area (Å²) >= 11 is 1.08. The van der Waals surface area contributed by atoms with Crippen LogP contribution >= 0.6 is 11.3 Å². The summed E-state index contributed by atoms with van der Waals surface area (Å²) in [5.41, 5.74) is -1.15. The molecule has 0 spiro atoms. The van der Waals surface area contributed by atoms with Gasteiger partial charge in [0.05, 0.1) is 29.1 Å². The Labute approximate surface area is 149 Å². The van der Waals surface area contributed by atoms with Crippen LogP contribution in [0.4, 0.5) is 27.2 Å². The Morgan fingerprint density at radius 1 is 1.19 bits per heavy atom. The third kappa shape index (κ3) is 3.73. The van der Waals surface area contributed by atoms with E-state index in [1.807, 2.05) is 4.90 Å². The first-order chi connectivity index (χ1) is 12.5. The van der Waals surface area contributed by atoms with Crippen LogP contribution in [0, 0.1) is 20.2 Å². The Balaban J connectivity index is 1.87. The van der Waals surface area contributed by atoms with Gasteiger partial charge in [-0.3, -0.25) is 20.2 Å². The van der Waals surface area contributed by atoms with Crippen LogP contribution in [-0.4, -0.2) is 46.2 Å². The van der Waals surface area contributed by atoms with Gasteiger partial charge in [-0.25, -0.2) is 0 Å². The van der Waals surface area contributed by atoms with Crippen molar-refractivity contribution < 1.29 is 19.7 Å². The maximum atomic E-state index is 11.1. The summed E-state index contributed by atoms with van der Waals surface area (Å²) < 4.78 is 5.24. The molecule has 1 saturated heterocycles. The van der Waals surface area contributed by atoms with Crippen LogP contribution in [0.25, 0.3) is 0 Å². The van der Waals surface area contributed by atoms with Gasteiger partial charge in [-0.1, -0.05) is 11.3 Å². The topological polar surface area (TPSA) is 157 Å². The lowest BCUT2D eigenvalue weighted by atomic mass is 10.2. The number of non-ortho nitro benzene ring substituents is 1. The SMILES string of the molecule is O=[N+]([O-])c1ccc(N=Nc2sc(N3CCOCC3)nc2O)c([N+](=O)[O-])c1. The molecule has 1 aliphatic rings. The van der Waals surface area contributed by atoms with Crippen LogP contribution in [0.15, 0.2) is 28.4 Å². The molecule has 3 rings (SSSR count). The van der Waals surface area contributed by atoms with Crippen molar-refractivity contribution in [2.45, 2.75) is 0 Å². The van der Waals surface area contributed by atoms with Gasteiger partial charge in [0.15, 0.2) is 10.8 Å². The summed E-state index contributed by atoms with van der Waals surface area (Å²) in [6, 6.07) is 3.02. The summed E-state index contributed by atoms with van der Waals surface area (Å²) in [5.74, 6) is -0.343. The van der Waals surface area contributed by atoms with Gasteiger partial charge in [-0.05, 0) is 6.07 Å². The molecular weight excluding hydrogens is 368 g/mol. The standard InChI is InChI=1S/C13H12N6O6S/c20-11-12(26-13(14-11)17-3-5-25-6-4-17)16-15-9-2-1-8(18(21)22)7-10(9)19(23)24/h1-2,7,20H,3-6H2. The molecule has 0 unspecified atom stereocenters. The van der Waals surface area contributed by atoms with Gasteiger partial charge in [-0.2, -0.15) is 4.98 Å². The van der Waals surface area contributed by atoms with Crippen LogP contribution in [0.1, 0.15) is 0 Å². The van der Waals surface area contributed by atoms with E-state index in [4.69, 9.17) is 4.74 Å². The number of nitro groups is 2. The Bertz CT molecular complexity index is 878. The number of benzene rings is 1. The van der Waals surface area contributed by atoms with E-state index in [1.54, 1.807) is 0 Å². The van der Waals surface area contributed by atoms with Crippen molar-refractivity contribution in [1.82, 2.24) is 4.98 Å². The lowest BCUT2D eigenvalue weighted by molar-refractivity contribution is -0.393. The third-order valence-corrected chi connectivity index (χ3v) is 4.47. The van der Waals surface area contributed by atoms with Crippen molar-refractivity contribution in [3.63, 3.8) is 0 Å². The number of aromatic hydroxyl groups is 1. The second-order valence-electron chi connectivity index (χ2n) is 5.11. The molecule has 136 valence electrons. The number of rotatable bonds is 5. The fraction of sp³-hybridized carbons (Fsp3) is 0.308. The Hall–Kier alpha value is -3.19. The van der Waals surface area contributed by atoms with Gasteiger partial charge in [0.2, 0.25) is 5.00 Å². The van der Waals surface area contributed by atoms with Crippen molar-refractivity contribution in [2.24, 2.45) is 10.2 Å². The van der Waals surface area contributed by atoms with E-state index < -0.39 is 21.2 Å². The van der Waals surface area contributed by atoms with Crippen LogP contribution in [0.5, 0.6) is 5.88 Å². The lowest BCUT2D eigenvalue weighted by Gasteiger charge is -2.25. The lowest BCUT2D eigenvalue weighted by Crippen LogP contribution is -2.36. The number of anilines is 1. The molecule has 1 aromatic carbocycles. The Kier molecular flexibility index (Phi) is 4.99. The summed E-state index contributed by atoms with van der Waals surface area (Å²) in [6.07, 6.45) is 0. The van der Waals surface area contributed by atoms with E-state index in [9.17, 15) is 25.3 Å². The average Bonchev–Trinajstić information content (AvgIpc) is 3.01. The van der Waals surface area contributed by atoms with Crippen molar-refractivity contribution >= 4 is 38.5 Å². The maximum Gasteiger partial charge on any atom is 0.303 e. The quantitative estimate of drug-likeness (QED) is 0.471. The summed E-state index contributed by atoms with van der Waals surface area (Å²) in [4.78, 5) is 26.2. The fourth-order valence-electron chi connectivity index (χ4n) is 2.20. The van der Waals surface area contributed by atoms with Gasteiger partial charge in [0.25, 0.3) is 11.6 Å². The largest absolute Gasteiger partial charge is 0.491 e. The van der Waals surface area contributed by atoms with Gasteiger partial charge < -0.3 is 14.7 Å². The molecule has 1 aromatic heterocycles. The molecule has 0 atom stereocenters. The molecule has 2 aromatic rings. The third-order valence-electron chi connectivity index (χ3n) is 3.48. The Morgan fingerprint density at radius 3 is 2.58 bits per heavy atom. The predicted octanol–water partition coefficient (Wildman–Crippen LogP) is 2.92. The number of hydrogen-bond acceptors (Lipinski definition) is 11. The fourth-order valence-corrected chi connectivity index (χ4v) is 3.04. The second-order valence-corrected chi connectivity index (χ2v) is 6.07. The van der Waals surface area contributed by atoms with Crippen LogP contribution in [-0.2, 0) is 4.74 Å². The number of nitro benzene ring substituents is 2. The number of ether oxygens (including phenoxy) is 1. The number of morpholine rings is 1. The van der Waals surface area contributed by atoms with E-state index >= 15 is 0 Å². The van der Waals surface area contributed by atoms with Gasteiger partial charge in [-0.15, -0.1) is 10.2 Å². The highest BCUT2D eigenvalue weighted by Gasteiger charge is 2.21. The van der Waals surface area contributed by atoms with Gasteiger partial charge in [0.1, 0.15) is 0 Å². The summed E-state index contributed by atoms with van der Waals surface area (Å²) in [7, 11) is 0. The van der Waals surface area contributed by atoms with Crippen LogP contribution in [0.3, 0.4) is 0 Å². The van der Waals surface area contributed by atoms with Crippen molar-refractivity contribution in [2.75, 3.05) is 31.2 Å².